The second kappa shape index (κ2) is 5.82. The van der Waals surface area contributed by atoms with Crippen molar-refractivity contribution in [3.05, 3.63) is 47.0 Å². The molecule has 0 unspecified atom stereocenters. The van der Waals surface area contributed by atoms with Crippen molar-refractivity contribution in [3.8, 4) is 22.6 Å². The number of aromatic hydroxyl groups is 2. The Kier molecular flexibility index (Phi) is 3.76. The number of fused-ring (bicyclic) bond motifs is 2. The predicted octanol–water partition coefficient (Wildman–Crippen LogP) is 4.93. The average Bonchev–Trinajstić information content (AvgIpc) is 2.87. The van der Waals surface area contributed by atoms with Gasteiger partial charge in [0.1, 0.15) is 0 Å². The topological polar surface area (TPSA) is 43.7 Å². The van der Waals surface area contributed by atoms with E-state index in [0.29, 0.717) is 12.1 Å². The molecule has 1 aliphatic carbocycles. The van der Waals surface area contributed by atoms with Crippen molar-refractivity contribution in [1.29, 1.82) is 0 Å². The van der Waals surface area contributed by atoms with E-state index in [2.05, 4.69) is 36.9 Å². The van der Waals surface area contributed by atoms with Gasteiger partial charge in [-0.25, -0.2) is 0 Å². The number of hydrogen-bond donors (Lipinski definition) is 2. The Hall–Kier alpha value is -2.00. The lowest BCUT2D eigenvalue weighted by Gasteiger charge is -2.33. The van der Waals surface area contributed by atoms with Gasteiger partial charge in [-0.1, -0.05) is 44.5 Å². The van der Waals surface area contributed by atoms with Gasteiger partial charge in [-0.15, -0.1) is 0 Å². The summed E-state index contributed by atoms with van der Waals surface area (Å²) in [5.74, 6) is -0.00124. The van der Waals surface area contributed by atoms with Crippen molar-refractivity contribution in [3.63, 3.8) is 0 Å². The number of hydrogen-bond acceptors (Lipinski definition) is 3. The van der Waals surface area contributed by atoms with Crippen molar-refractivity contribution < 1.29 is 10.2 Å². The van der Waals surface area contributed by atoms with Crippen LogP contribution in [0.15, 0.2) is 30.3 Å². The van der Waals surface area contributed by atoms with Gasteiger partial charge in [-0.2, -0.15) is 0 Å². The maximum atomic E-state index is 10.5. The van der Waals surface area contributed by atoms with Crippen LogP contribution in [0.4, 0.5) is 0 Å². The summed E-state index contributed by atoms with van der Waals surface area (Å²) in [7, 11) is 0. The second-order valence-electron chi connectivity index (χ2n) is 7.04. The van der Waals surface area contributed by atoms with Gasteiger partial charge < -0.3 is 10.2 Å². The lowest BCUT2D eigenvalue weighted by molar-refractivity contribution is 0.151. The van der Waals surface area contributed by atoms with E-state index in [1.54, 1.807) is 6.07 Å². The molecule has 3 heteroatoms. The van der Waals surface area contributed by atoms with Crippen LogP contribution in [0.5, 0.6) is 11.5 Å². The number of benzene rings is 2. The highest BCUT2D eigenvalue weighted by atomic mass is 16.3. The molecule has 0 aromatic heterocycles. The zero-order chi connectivity index (χ0) is 16.8. The monoisotopic (exact) mass is 323 g/mol. The van der Waals surface area contributed by atoms with Gasteiger partial charge in [0.05, 0.1) is 0 Å². The molecule has 1 heterocycles. The van der Waals surface area contributed by atoms with Crippen molar-refractivity contribution in [2.45, 2.75) is 51.6 Å². The Labute approximate surface area is 143 Å². The van der Waals surface area contributed by atoms with Crippen LogP contribution >= 0.6 is 0 Å². The highest BCUT2D eigenvalue weighted by Gasteiger charge is 2.42. The molecular formula is C21H25NO2. The van der Waals surface area contributed by atoms with E-state index in [9.17, 15) is 10.2 Å². The number of phenolic OH excluding ortho intramolecular Hbond substituents is 2. The molecule has 24 heavy (non-hydrogen) atoms. The lowest BCUT2D eigenvalue weighted by atomic mass is 9.81. The first kappa shape index (κ1) is 15.5. The summed E-state index contributed by atoms with van der Waals surface area (Å²) in [6, 6.07) is 10.9. The Bertz CT molecular complexity index is 784. The highest BCUT2D eigenvalue weighted by molar-refractivity contribution is 5.82. The average molecular weight is 323 g/mol. The fraction of sp³-hybridized carbons (Fsp3) is 0.429. The summed E-state index contributed by atoms with van der Waals surface area (Å²) in [5.41, 5.74) is 5.86. The van der Waals surface area contributed by atoms with E-state index in [-0.39, 0.29) is 11.5 Å². The molecule has 1 aliphatic heterocycles. The molecule has 4 rings (SSSR count). The quantitative estimate of drug-likeness (QED) is 0.784. The number of phenols is 2. The normalized spacial score (nSPS) is 21.6. The van der Waals surface area contributed by atoms with Gasteiger partial charge in [0.2, 0.25) is 0 Å². The van der Waals surface area contributed by atoms with Crippen LogP contribution in [0.3, 0.4) is 0 Å². The largest absolute Gasteiger partial charge is 0.504 e. The van der Waals surface area contributed by atoms with Crippen molar-refractivity contribution in [2.75, 3.05) is 6.54 Å². The second-order valence-corrected chi connectivity index (χ2v) is 7.04. The van der Waals surface area contributed by atoms with Crippen LogP contribution in [0.1, 0.15) is 61.9 Å². The van der Waals surface area contributed by atoms with E-state index in [1.807, 2.05) is 6.07 Å². The summed E-state index contributed by atoms with van der Waals surface area (Å²) in [6.45, 7) is 5.59. The number of nitrogens with zero attached hydrogens (tertiary/aromatic N) is 1. The summed E-state index contributed by atoms with van der Waals surface area (Å²) in [4.78, 5) is 2.66. The molecule has 0 saturated heterocycles. The summed E-state index contributed by atoms with van der Waals surface area (Å²) < 4.78 is 0. The molecule has 2 aromatic carbocycles. The van der Waals surface area contributed by atoms with Gasteiger partial charge in [0.25, 0.3) is 0 Å². The third-order valence-corrected chi connectivity index (χ3v) is 5.60. The van der Waals surface area contributed by atoms with Crippen LogP contribution in [0, 0.1) is 0 Å². The Morgan fingerprint density at radius 1 is 1.08 bits per heavy atom. The SMILES string of the molecule is CCC[C@H]1c2cccc3c2[C@@H](Cc2ccc(O)c(O)c2-3)N1CCC. The zero-order valence-corrected chi connectivity index (χ0v) is 14.4. The fourth-order valence-electron chi connectivity index (χ4n) is 4.71. The van der Waals surface area contributed by atoms with Crippen molar-refractivity contribution >= 4 is 0 Å². The van der Waals surface area contributed by atoms with Crippen LogP contribution in [0.2, 0.25) is 0 Å². The van der Waals surface area contributed by atoms with Gasteiger partial charge >= 0.3 is 0 Å². The minimum absolute atomic E-state index is 0.0281. The summed E-state index contributed by atoms with van der Waals surface area (Å²) >= 11 is 0. The standard InChI is InChI=1S/C21H25NO2/c1-3-6-16-14-7-5-8-15-19-13(9-10-18(23)21(19)24)12-17(20(14)15)22(16)11-4-2/h5,7-10,16-17,23-24H,3-4,6,11-12H2,1-2H3/t16-,17+/m0/s1. The molecule has 3 nitrogen and oxygen atoms in total. The van der Waals surface area contributed by atoms with Crippen LogP contribution in [-0.2, 0) is 6.42 Å². The Morgan fingerprint density at radius 2 is 1.92 bits per heavy atom. The van der Waals surface area contributed by atoms with E-state index >= 15 is 0 Å². The van der Waals surface area contributed by atoms with E-state index in [4.69, 9.17) is 0 Å². The third kappa shape index (κ3) is 2.07. The summed E-state index contributed by atoms with van der Waals surface area (Å²) in [5, 5.41) is 20.4. The van der Waals surface area contributed by atoms with Crippen LogP contribution < -0.4 is 0 Å². The highest BCUT2D eigenvalue weighted by Crippen LogP contribution is 2.55. The molecule has 0 bridgehead atoms. The smallest absolute Gasteiger partial charge is 0.165 e. The maximum absolute atomic E-state index is 10.5. The van der Waals surface area contributed by atoms with Crippen LogP contribution in [-0.4, -0.2) is 21.7 Å². The molecule has 126 valence electrons. The van der Waals surface area contributed by atoms with Crippen molar-refractivity contribution in [2.24, 2.45) is 0 Å². The Morgan fingerprint density at radius 3 is 2.67 bits per heavy atom. The molecule has 2 N–H and O–H groups in total. The molecule has 0 saturated carbocycles. The molecular weight excluding hydrogens is 298 g/mol. The molecule has 2 aliphatic rings. The predicted molar refractivity (Wildman–Crippen MR) is 96.3 cm³/mol. The Balaban J connectivity index is 1.93. The molecule has 2 atom stereocenters. The van der Waals surface area contributed by atoms with Gasteiger partial charge in [0, 0.05) is 17.6 Å². The molecule has 0 radical (unpaired) electrons. The minimum Gasteiger partial charge on any atom is -0.504 e. The molecule has 0 fully saturated rings. The first-order valence-electron chi connectivity index (χ1n) is 9.10. The van der Waals surface area contributed by atoms with Gasteiger partial charge in [-0.3, -0.25) is 4.90 Å². The van der Waals surface area contributed by atoms with Gasteiger partial charge in [-0.05, 0) is 54.1 Å². The molecule has 0 amide bonds. The third-order valence-electron chi connectivity index (χ3n) is 5.60. The number of rotatable bonds is 4. The van der Waals surface area contributed by atoms with E-state index < -0.39 is 0 Å². The maximum Gasteiger partial charge on any atom is 0.165 e. The molecule has 0 spiro atoms. The zero-order valence-electron chi connectivity index (χ0n) is 14.4. The summed E-state index contributed by atoms with van der Waals surface area (Å²) in [6.07, 6.45) is 4.39. The van der Waals surface area contributed by atoms with E-state index in [1.165, 1.54) is 24.0 Å². The van der Waals surface area contributed by atoms with Crippen molar-refractivity contribution in [1.82, 2.24) is 4.90 Å². The van der Waals surface area contributed by atoms with Gasteiger partial charge in [0.15, 0.2) is 11.5 Å². The first-order chi connectivity index (χ1) is 11.7. The minimum atomic E-state index is -0.0293. The first-order valence-corrected chi connectivity index (χ1v) is 9.10. The van der Waals surface area contributed by atoms with Crippen LogP contribution in [0.25, 0.3) is 11.1 Å². The lowest BCUT2D eigenvalue weighted by Crippen LogP contribution is -2.29. The van der Waals surface area contributed by atoms with E-state index in [0.717, 1.165) is 36.1 Å². The molecule has 2 aromatic rings. The fourth-order valence-corrected chi connectivity index (χ4v) is 4.71.